The molecule has 0 aliphatic heterocycles. The smallest absolute Gasteiger partial charge is 0.274 e. The van der Waals surface area contributed by atoms with Gasteiger partial charge in [0.25, 0.3) is 5.91 Å². The third kappa shape index (κ3) is 2.03. The lowest BCUT2D eigenvalue weighted by molar-refractivity contribution is 0.0945. The molecule has 1 saturated carbocycles. The van der Waals surface area contributed by atoms with Gasteiger partial charge in [-0.05, 0) is 18.8 Å². The maximum atomic E-state index is 11.8. The summed E-state index contributed by atoms with van der Waals surface area (Å²) in [5, 5.41) is 9.72. The van der Waals surface area contributed by atoms with Crippen LogP contribution >= 0.6 is 0 Å². The SMILES string of the molecule is CCCc1[nH]nc(C(=O)NC2CC2C)c1N. The van der Waals surface area contributed by atoms with Crippen LogP contribution in [0.2, 0.25) is 0 Å². The molecule has 0 saturated heterocycles. The molecule has 1 aromatic rings. The molecule has 1 heterocycles. The molecule has 1 amide bonds. The van der Waals surface area contributed by atoms with Crippen LogP contribution in [-0.2, 0) is 6.42 Å². The molecule has 0 bridgehead atoms. The molecule has 1 aromatic heterocycles. The number of nitrogens with one attached hydrogen (secondary N) is 2. The summed E-state index contributed by atoms with van der Waals surface area (Å²) in [6.07, 6.45) is 2.86. The number of H-pyrrole nitrogens is 1. The summed E-state index contributed by atoms with van der Waals surface area (Å²) in [5.41, 5.74) is 7.55. The van der Waals surface area contributed by atoms with Gasteiger partial charge in [-0.3, -0.25) is 9.89 Å². The fourth-order valence-corrected chi connectivity index (χ4v) is 1.76. The van der Waals surface area contributed by atoms with Crippen LogP contribution in [-0.4, -0.2) is 22.1 Å². The van der Waals surface area contributed by atoms with Gasteiger partial charge in [0, 0.05) is 6.04 Å². The van der Waals surface area contributed by atoms with E-state index in [0.29, 0.717) is 23.3 Å². The molecule has 2 atom stereocenters. The number of carbonyl (C=O) groups is 1. The Morgan fingerprint density at radius 3 is 2.94 bits per heavy atom. The molecule has 2 unspecified atom stereocenters. The van der Waals surface area contributed by atoms with Crippen LogP contribution in [0, 0.1) is 5.92 Å². The second-order valence-corrected chi connectivity index (χ2v) is 4.51. The Bertz CT molecular complexity index is 399. The van der Waals surface area contributed by atoms with Gasteiger partial charge >= 0.3 is 0 Å². The Morgan fingerprint density at radius 2 is 2.38 bits per heavy atom. The molecule has 1 aliphatic rings. The van der Waals surface area contributed by atoms with Gasteiger partial charge in [-0.1, -0.05) is 20.3 Å². The first-order chi connectivity index (χ1) is 7.63. The van der Waals surface area contributed by atoms with Gasteiger partial charge in [0.2, 0.25) is 0 Å². The van der Waals surface area contributed by atoms with Gasteiger partial charge in [-0.25, -0.2) is 0 Å². The van der Waals surface area contributed by atoms with Crippen molar-refractivity contribution in [1.82, 2.24) is 15.5 Å². The molecule has 0 radical (unpaired) electrons. The highest BCUT2D eigenvalue weighted by Gasteiger charge is 2.34. The molecule has 0 spiro atoms. The van der Waals surface area contributed by atoms with Crippen molar-refractivity contribution in [3.63, 3.8) is 0 Å². The average Bonchev–Trinajstić information content (AvgIpc) is 2.79. The van der Waals surface area contributed by atoms with E-state index in [9.17, 15) is 4.79 Å². The van der Waals surface area contributed by atoms with Crippen molar-refractivity contribution in [3.8, 4) is 0 Å². The van der Waals surface area contributed by atoms with E-state index in [4.69, 9.17) is 5.73 Å². The van der Waals surface area contributed by atoms with Gasteiger partial charge in [0.1, 0.15) is 0 Å². The molecule has 2 rings (SSSR count). The molecule has 16 heavy (non-hydrogen) atoms. The molecule has 4 N–H and O–H groups in total. The lowest BCUT2D eigenvalue weighted by Gasteiger charge is -2.01. The van der Waals surface area contributed by atoms with E-state index < -0.39 is 0 Å². The quantitative estimate of drug-likeness (QED) is 0.712. The summed E-state index contributed by atoms with van der Waals surface area (Å²) in [6.45, 7) is 4.17. The summed E-state index contributed by atoms with van der Waals surface area (Å²) in [6, 6.07) is 0.304. The third-order valence-corrected chi connectivity index (χ3v) is 3.02. The van der Waals surface area contributed by atoms with E-state index in [-0.39, 0.29) is 5.91 Å². The fourth-order valence-electron chi connectivity index (χ4n) is 1.76. The Balaban J connectivity index is 2.05. The van der Waals surface area contributed by atoms with Crippen LogP contribution in [0.5, 0.6) is 0 Å². The number of hydrogen-bond acceptors (Lipinski definition) is 3. The standard InChI is InChI=1S/C11H18N4O/c1-3-4-7-9(12)10(15-14-7)11(16)13-8-5-6(8)2/h6,8H,3-5,12H2,1-2H3,(H,13,16)(H,14,15). The fraction of sp³-hybridized carbons (Fsp3) is 0.636. The number of carbonyl (C=O) groups excluding carboxylic acids is 1. The van der Waals surface area contributed by atoms with Crippen LogP contribution in [0.4, 0.5) is 5.69 Å². The number of aromatic nitrogens is 2. The van der Waals surface area contributed by atoms with Crippen LogP contribution in [0.1, 0.15) is 42.9 Å². The zero-order valence-corrected chi connectivity index (χ0v) is 9.71. The van der Waals surface area contributed by atoms with E-state index >= 15 is 0 Å². The number of hydrogen-bond donors (Lipinski definition) is 3. The first-order valence-corrected chi connectivity index (χ1v) is 5.77. The minimum Gasteiger partial charge on any atom is -0.395 e. The minimum atomic E-state index is -0.162. The number of nitrogens with two attached hydrogens (primary N) is 1. The van der Waals surface area contributed by atoms with Crippen molar-refractivity contribution < 1.29 is 4.79 Å². The van der Waals surface area contributed by atoms with E-state index in [1.807, 2.05) is 0 Å². The molecule has 88 valence electrons. The highest BCUT2D eigenvalue weighted by Crippen LogP contribution is 2.29. The Morgan fingerprint density at radius 1 is 1.69 bits per heavy atom. The number of nitrogens with zero attached hydrogens (tertiary/aromatic N) is 1. The topological polar surface area (TPSA) is 83.8 Å². The monoisotopic (exact) mass is 222 g/mol. The van der Waals surface area contributed by atoms with Gasteiger partial charge in [0.05, 0.1) is 11.4 Å². The first kappa shape index (κ1) is 11.0. The molecular weight excluding hydrogens is 204 g/mol. The number of anilines is 1. The zero-order valence-electron chi connectivity index (χ0n) is 9.71. The van der Waals surface area contributed by atoms with Crippen LogP contribution < -0.4 is 11.1 Å². The normalized spacial score (nSPS) is 23.1. The average molecular weight is 222 g/mol. The lowest BCUT2D eigenvalue weighted by Crippen LogP contribution is -2.27. The highest BCUT2D eigenvalue weighted by molar-refractivity contribution is 5.97. The first-order valence-electron chi connectivity index (χ1n) is 5.77. The predicted octanol–water partition coefficient (Wildman–Crippen LogP) is 1.08. The predicted molar refractivity (Wildman–Crippen MR) is 62.0 cm³/mol. The molecule has 5 heteroatoms. The highest BCUT2D eigenvalue weighted by atomic mass is 16.2. The Kier molecular flexibility index (Phi) is 2.85. The van der Waals surface area contributed by atoms with E-state index in [1.165, 1.54) is 0 Å². The maximum absolute atomic E-state index is 11.8. The summed E-state index contributed by atoms with van der Waals surface area (Å²) in [4.78, 5) is 11.8. The van der Waals surface area contributed by atoms with Gasteiger partial charge in [0.15, 0.2) is 5.69 Å². The summed E-state index contributed by atoms with van der Waals surface area (Å²) in [5.74, 6) is 0.421. The van der Waals surface area contributed by atoms with Crippen LogP contribution in [0.15, 0.2) is 0 Å². The van der Waals surface area contributed by atoms with Crippen molar-refractivity contribution >= 4 is 11.6 Å². The van der Waals surface area contributed by atoms with Crippen molar-refractivity contribution in [2.75, 3.05) is 5.73 Å². The van der Waals surface area contributed by atoms with Crippen LogP contribution in [0.3, 0.4) is 0 Å². The molecule has 1 fully saturated rings. The number of amides is 1. The van der Waals surface area contributed by atoms with Crippen molar-refractivity contribution in [1.29, 1.82) is 0 Å². The number of aryl methyl sites for hydroxylation is 1. The van der Waals surface area contributed by atoms with Crippen molar-refractivity contribution in [3.05, 3.63) is 11.4 Å². The third-order valence-electron chi connectivity index (χ3n) is 3.02. The van der Waals surface area contributed by atoms with E-state index in [0.717, 1.165) is 25.0 Å². The Hall–Kier alpha value is -1.52. The van der Waals surface area contributed by atoms with Gasteiger partial charge in [-0.15, -0.1) is 0 Å². The largest absolute Gasteiger partial charge is 0.395 e. The second kappa shape index (κ2) is 4.15. The molecule has 5 nitrogen and oxygen atoms in total. The van der Waals surface area contributed by atoms with Gasteiger partial charge in [-0.2, -0.15) is 5.10 Å². The molecule has 0 aromatic carbocycles. The van der Waals surface area contributed by atoms with Crippen LogP contribution in [0.25, 0.3) is 0 Å². The van der Waals surface area contributed by atoms with E-state index in [2.05, 4.69) is 29.4 Å². The number of rotatable bonds is 4. The summed E-state index contributed by atoms with van der Waals surface area (Å²) >= 11 is 0. The van der Waals surface area contributed by atoms with E-state index in [1.54, 1.807) is 0 Å². The minimum absolute atomic E-state index is 0.162. The molecular formula is C11H18N4O. The lowest BCUT2D eigenvalue weighted by atomic mass is 10.2. The maximum Gasteiger partial charge on any atom is 0.274 e. The Labute approximate surface area is 94.8 Å². The second-order valence-electron chi connectivity index (χ2n) is 4.51. The van der Waals surface area contributed by atoms with Crippen molar-refractivity contribution in [2.24, 2.45) is 5.92 Å². The zero-order chi connectivity index (χ0) is 11.7. The van der Waals surface area contributed by atoms with Gasteiger partial charge < -0.3 is 11.1 Å². The summed E-state index contributed by atoms with van der Waals surface area (Å²) in [7, 11) is 0. The number of nitrogen functional groups attached to an aromatic ring is 1. The molecule has 1 aliphatic carbocycles. The summed E-state index contributed by atoms with van der Waals surface area (Å²) < 4.78 is 0. The van der Waals surface area contributed by atoms with Crippen molar-refractivity contribution in [2.45, 2.75) is 39.2 Å². The number of aromatic amines is 1.